The van der Waals surface area contributed by atoms with Crippen LogP contribution >= 0.6 is 58.2 Å². The molecular weight excluding hydrogens is 546 g/mol. The normalized spacial score (nSPS) is 11.7. The number of nitrogens with one attached hydrogen (secondary N) is 1. The third-order valence-corrected chi connectivity index (χ3v) is 7.51. The molecule has 3 rings (SSSR count). The van der Waals surface area contributed by atoms with Crippen molar-refractivity contribution < 1.29 is 9.59 Å². The van der Waals surface area contributed by atoms with E-state index in [1.165, 1.54) is 11.8 Å². The van der Waals surface area contributed by atoms with Gasteiger partial charge >= 0.3 is 0 Å². The summed E-state index contributed by atoms with van der Waals surface area (Å²) in [5.41, 5.74) is 2.53. The summed E-state index contributed by atoms with van der Waals surface area (Å²) < 4.78 is 0. The maximum Gasteiger partial charge on any atom is 0.242 e. The van der Waals surface area contributed by atoms with E-state index in [1.807, 2.05) is 36.4 Å². The van der Waals surface area contributed by atoms with Crippen molar-refractivity contribution in [3.05, 3.63) is 104 Å². The number of hydrogen-bond acceptors (Lipinski definition) is 3. The number of thioether (sulfide) groups is 1. The first kappa shape index (κ1) is 27.7. The molecule has 35 heavy (non-hydrogen) atoms. The molecule has 4 nitrogen and oxygen atoms in total. The number of carbonyl (C=O) groups excluding carboxylic acids is 2. The maximum atomic E-state index is 13.5. The lowest BCUT2D eigenvalue weighted by atomic mass is 10.0. The van der Waals surface area contributed by atoms with Gasteiger partial charge in [-0.1, -0.05) is 88.9 Å². The van der Waals surface area contributed by atoms with Crippen molar-refractivity contribution in [2.24, 2.45) is 0 Å². The van der Waals surface area contributed by atoms with Crippen molar-refractivity contribution in [2.45, 2.75) is 24.8 Å². The first-order valence-corrected chi connectivity index (χ1v) is 13.5. The van der Waals surface area contributed by atoms with Crippen LogP contribution in [-0.2, 0) is 28.3 Å². The summed E-state index contributed by atoms with van der Waals surface area (Å²) in [5, 5.41) is 4.74. The van der Waals surface area contributed by atoms with E-state index >= 15 is 0 Å². The van der Waals surface area contributed by atoms with Crippen LogP contribution in [0.3, 0.4) is 0 Å². The number of amides is 2. The van der Waals surface area contributed by atoms with E-state index < -0.39 is 6.04 Å². The number of nitrogens with zero attached hydrogens (tertiary/aromatic N) is 1. The van der Waals surface area contributed by atoms with Gasteiger partial charge in [0.15, 0.2) is 0 Å². The number of benzene rings is 3. The minimum Gasteiger partial charge on any atom is -0.357 e. The van der Waals surface area contributed by atoms with E-state index in [0.29, 0.717) is 37.8 Å². The minimum atomic E-state index is -0.721. The van der Waals surface area contributed by atoms with Crippen molar-refractivity contribution >= 4 is 70.0 Å². The summed E-state index contributed by atoms with van der Waals surface area (Å²) >= 11 is 26.1. The van der Waals surface area contributed by atoms with E-state index in [1.54, 1.807) is 42.3 Å². The second kappa shape index (κ2) is 13.4. The highest BCUT2D eigenvalue weighted by molar-refractivity contribution is 7.99. The molecule has 3 aromatic rings. The molecule has 184 valence electrons. The fourth-order valence-corrected chi connectivity index (χ4v) is 5.46. The molecule has 0 aliphatic heterocycles. The first-order chi connectivity index (χ1) is 16.8. The molecule has 0 bridgehead atoms. The first-order valence-electron chi connectivity index (χ1n) is 10.8. The average molecular weight is 570 g/mol. The Kier molecular flexibility index (Phi) is 10.6. The van der Waals surface area contributed by atoms with Gasteiger partial charge in [0, 0.05) is 45.9 Å². The molecule has 0 heterocycles. The van der Waals surface area contributed by atoms with Crippen molar-refractivity contribution in [2.75, 3.05) is 12.8 Å². The SMILES string of the molecule is CNC(=O)[C@H](Cc1ccccc1)N(Cc1ccc(Cl)cc1Cl)C(=O)CSCc1ccc(Cl)cc1Cl. The van der Waals surface area contributed by atoms with Crippen LogP contribution in [0.1, 0.15) is 16.7 Å². The van der Waals surface area contributed by atoms with Gasteiger partial charge in [-0.25, -0.2) is 0 Å². The highest BCUT2D eigenvalue weighted by atomic mass is 35.5. The largest absolute Gasteiger partial charge is 0.357 e. The average Bonchev–Trinajstić information content (AvgIpc) is 2.84. The Morgan fingerprint density at radius 1 is 0.886 bits per heavy atom. The standard InChI is InChI=1S/C26H24Cl4N2O2S/c1-31-26(34)24(11-17-5-3-2-4-6-17)32(14-18-7-9-20(27)12-22(18)29)25(33)16-35-15-19-8-10-21(28)13-23(19)30/h2-10,12-13,24H,11,14-16H2,1H3,(H,31,34)/t24-/m0/s1. The summed E-state index contributed by atoms with van der Waals surface area (Å²) in [4.78, 5) is 28.1. The summed E-state index contributed by atoms with van der Waals surface area (Å²) in [6.45, 7) is 0.169. The Balaban J connectivity index is 1.84. The Morgan fingerprint density at radius 2 is 1.49 bits per heavy atom. The number of carbonyl (C=O) groups is 2. The Bertz CT molecular complexity index is 1180. The molecule has 2 amide bonds. The predicted molar refractivity (Wildman–Crippen MR) is 148 cm³/mol. The molecule has 3 aromatic carbocycles. The smallest absolute Gasteiger partial charge is 0.242 e. The van der Waals surface area contributed by atoms with E-state index in [9.17, 15) is 9.59 Å². The molecule has 0 unspecified atom stereocenters. The van der Waals surface area contributed by atoms with Crippen LogP contribution in [0.5, 0.6) is 0 Å². The van der Waals surface area contributed by atoms with Crippen molar-refractivity contribution in [3.8, 4) is 0 Å². The molecule has 0 radical (unpaired) electrons. The van der Waals surface area contributed by atoms with Gasteiger partial charge in [0.05, 0.1) is 5.75 Å². The molecule has 0 fully saturated rings. The lowest BCUT2D eigenvalue weighted by Gasteiger charge is -2.31. The van der Waals surface area contributed by atoms with Crippen molar-refractivity contribution in [1.29, 1.82) is 0 Å². The number of rotatable bonds is 10. The summed E-state index contributed by atoms with van der Waals surface area (Å²) in [7, 11) is 1.57. The fourth-order valence-electron chi connectivity index (χ4n) is 3.52. The highest BCUT2D eigenvalue weighted by Gasteiger charge is 2.30. The van der Waals surface area contributed by atoms with Crippen molar-refractivity contribution in [1.82, 2.24) is 10.2 Å². The molecule has 1 atom stereocenters. The topological polar surface area (TPSA) is 49.4 Å². The van der Waals surface area contributed by atoms with Gasteiger partial charge in [0.1, 0.15) is 6.04 Å². The van der Waals surface area contributed by atoms with E-state index in [-0.39, 0.29) is 24.1 Å². The van der Waals surface area contributed by atoms with E-state index in [0.717, 1.165) is 11.1 Å². The van der Waals surface area contributed by atoms with Gasteiger partial charge in [0.25, 0.3) is 0 Å². The summed E-state index contributed by atoms with van der Waals surface area (Å²) in [6, 6.07) is 19.3. The van der Waals surface area contributed by atoms with Crippen LogP contribution in [0.4, 0.5) is 0 Å². The van der Waals surface area contributed by atoms with E-state index in [2.05, 4.69) is 5.32 Å². The van der Waals surface area contributed by atoms with Crippen LogP contribution in [0.2, 0.25) is 20.1 Å². The predicted octanol–water partition coefficient (Wildman–Crippen LogP) is 6.92. The fraction of sp³-hybridized carbons (Fsp3) is 0.231. The zero-order chi connectivity index (χ0) is 25.4. The minimum absolute atomic E-state index is 0.159. The third-order valence-electron chi connectivity index (χ3n) is 5.37. The van der Waals surface area contributed by atoms with Crippen LogP contribution in [0, 0.1) is 0 Å². The molecule has 0 saturated heterocycles. The van der Waals surface area contributed by atoms with Crippen LogP contribution in [0.25, 0.3) is 0 Å². The van der Waals surface area contributed by atoms with Gasteiger partial charge < -0.3 is 10.2 Å². The van der Waals surface area contributed by atoms with E-state index in [4.69, 9.17) is 46.4 Å². The molecule has 0 aliphatic rings. The summed E-state index contributed by atoms with van der Waals surface area (Å²) in [5.74, 6) is 0.251. The molecule has 0 aliphatic carbocycles. The second-order valence-corrected chi connectivity index (χ2v) is 10.5. The monoisotopic (exact) mass is 568 g/mol. The lowest BCUT2D eigenvalue weighted by Crippen LogP contribution is -2.50. The molecular formula is C26H24Cl4N2O2S. The number of halogens is 4. The third kappa shape index (κ3) is 8.06. The van der Waals surface area contributed by atoms with Gasteiger partial charge in [-0.3, -0.25) is 9.59 Å². The van der Waals surface area contributed by atoms with Crippen molar-refractivity contribution in [3.63, 3.8) is 0 Å². The molecule has 9 heteroatoms. The Hall–Kier alpha value is -1.89. The zero-order valence-corrected chi connectivity index (χ0v) is 22.8. The highest BCUT2D eigenvalue weighted by Crippen LogP contribution is 2.27. The molecule has 1 N–H and O–H groups in total. The maximum absolute atomic E-state index is 13.5. The lowest BCUT2D eigenvalue weighted by molar-refractivity contribution is -0.139. The Morgan fingerprint density at radius 3 is 2.06 bits per heavy atom. The van der Waals surface area contributed by atoms with Crippen LogP contribution < -0.4 is 5.32 Å². The zero-order valence-electron chi connectivity index (χ0n) is 18.9. The van der Waals surface area contributed by atoms with Gasteiger partial charge in [-0.15, -0.1) is 11.8 Å². The van der Waals surface area contributed by atoms with Crippen LogP contribution in [0.15, 0.2) is 66.7 Å². The van der Waals surface area contributed by atoms with Gasteiger partial charge in [-0.05, 0) is 41.0 Å². The quantitative estimate of drug-likeness (QED) is 0.288. The van der Waals surface area contributed by atoms with Crippen LogP contribution in [-0.4, -0.2) is 35.6 Å². The molecule has 0 saturated carbocycles. The number of hydrogen-bond donors (Lipinski definition) is 1. The summed E-state index contributed by atoms with van der Waals surface area (Å²) in [6.07, 6.45) is 0.366. The second-order valence-electron chi connectivity index (χ2n) is 7.81. The van der Waals surface area contributed by atoms with Gasteiger partial charge in [-0.2, -0.15) is 0 Å². The molecule has 0 spiro atoms. The molecule has 0 aromatic heterocycles. The number of likely N-dealkylation sites (N-methyl/N-ethyl adjacent to an activating group) is 1. The van der Waals surface area contributed by atoms with Gasteiger partial charge in [0.2, 0.25) is 11.8 Å². The Labute approximate surface area is 229 Å².